The van der Waals surface area contributed by atoms with Crippen LogP contribution in [0.1, 0.15) is 26.2 Å². The molecule has 2 atom stereocenters. The lowest BCUT2D eigenvalue weighted by Crippen LogP contribution is -2.64. The number of rotatable bonds is 1. The van der Waals surface area contributed by atoms with E-state index in [1.807, 2.05) is 0 Å². The Kier molecular flexibility index (Phi) is 2.52. The zero-order valence-corrected chi connectivity index (χ0v) is 10.2. The summed E-state index contributed by atoms with van der Waals surface area (Å²) < 4.78 is 0. The molecule has 3 rings (SSSR count). The van der Waals surface area contributed by atoms with Gasteiger partial charge >= 0.3 is 0 Å². The van der Waals surface area contributed by atoms with Crippen molar-refractivity contribution in [3.8, 4) is 0 Å². The third-order valence-electron chi connectivity index (χ3n) is 4.90. The molecule has 3 aliphatic rings. The van der Waals surface area contributed by atoms with E-state index in [-0.39, 0.29) is 0 Å². The SMILES string of the molecule is CC1CCN(C2C3CC2CN(C)C3)CC1. The predicted molar refractivity (Wildman–Crippen MR) is 62.9 cm³/mol. The van der Waals surface area contributed by atoms with Gasteiger partial charge in [0, 0.05) is 19.1 Å². The Bertz CT molecular complexity index is 221. The smallest absolute Gasteiger partial charge is 0.0176 e. The second-order valence-corrected chi connectivity index (χ2v) is 6.19. The van der Waals surface area contributed by atoms with Crippen LogP contribution in [0.5, 0.6) is 0 Å². The number of hydrogen-bond acceptors (Lipinski definition) is 2. The van der Waals surface area contributed by atoms with Gasteiger partial charge in [0.25, 0.3) is 0 Å². The molecule has 2 heterocycles. The van der Waals surface area contributed by atoms with Crippen molar-refractivity contribution in [3.63, 3.8) is 0 Å². The van der Waals surface area contributed by atoms with Crippen LogP contribution < -0.4 is 0 Å². The molecule has 2 unspecified atom stereocenters. The molecule has 0 spiro atoms. The number of fused-ring (bicyclic) bond motifs is 2. The number of piperidine rings is 3. The van der Waals surface area contributed by atoms with Crippen LogP contribution in [0.2, 0.25) is 0 Å². The van der Waals surface area contributed by atoms with E-state index in [9.17, 15) is 0 Å². The fraction of sp³-hybridized carbons (Fsp3) is 1.00. The van der Waals surface area contributed by atoms with E-state index in [4.69, 9.17) is 0 Å². The normalized spacial score (nSPS) is 44.0. The van der Waals surface area contributed by atoms with Crippen molar-refractivity contribution in [1.29, 1.82) is 0 Å². The van der Waals surface area contributed by atoms with Gasteiger partial charge in [0.15, 0.2) is 0 Å². The highest BCUT2D eigenvalue weighted by Gasteiger charge is 2.48. The van der Waals surface area contributed by atoms with Crippen molar-refractivity contribution in [2.24, 2.45) is 17.8 Å². The average molecular weight is 208 g/mol. The Morgan fingerprint density at radius 1 is 1.00 bits per heavy atom. The summed E-state index contributed by atoms with van der Waals surface area (Å²) in [6.45, 7) is 7.87. The molecular weight excluding hydrogens is 184 g/mol. The summed E-state index contributed by atoms with van der Waals surface area (Å²) in [7, 11) is 2.29. The topological polar surface area (TPSA) is 6.48 Å². The number of likely N-dealkylation sites (tertiary alicyclic amines) is 2. The molecule has 0 N–H and O–H groups in total. The molecule has 0 aromatic heterocycles. The maximum atomic E-state index is 2.81. The van der Waals surface area contributed by atoms with E-state index in [0.29, 0.717) is 0 Å². The quantitative estimate of drug-likeness (QED) is 0.647. The molecule has 1 aliphatic carbocycles. The van der Waals surface area contributed by atoms with Gasteiger partial charge < -0.3 is 4.90 Å². The maximum absolute atomic E-state index is 2.81. The lowest BCUT2D eigenvalue weighted by atomic mass is 9.65. The molecule has 3 fully saturated rings. The van der Waals surface area contributed by atoms with Gasteiger partial charge in [-0.2, -0.15) is 0 Å². The highest BCUT2D eigenvalue weighted by atomic mass is 15.2. The standard InChI is InChI=1S/C13H24N2/c1-10-3-5-15(6-4-10)13-11-7-12(13)9-14(2)8-11/h10-13H,3-9H2,1-2H3. The Hall–Kier alpha value is -0.0800. The minimum absolute atomic E-state index is 0.966. The summed E-state index contributed by atoms with van der Waals surface area (Å²) in [6.07, 6.45) is 4.39. The van der Waals surface area contributed by atoms with Crippen LogP contribution in [0.4, 0.5) is 0 Å². The Morgan fingerprint density at radius 2 is 1.60 bits per heavy atom. The molecule has 2 heteroatoms. The third-order valence-corrected chi connectivity index (χ3v) is 4.90. The Labute approximate surface area is 93.6 Å². The van der Waals surface area contributed by atoms with Crippen molar-refractivity contribution in [2.45, 2.75) is 32.2 Å². The first-order valence-corrected chi connectivity index (χ1v) is 6.66. The van der Waals surface area contributed by atoms with Gasteiger partial charge in [-0.25, -0.2) is 0 Å². The number of nitrogens with zero attached hydrogens (tertiary/aromatic N) is 2. The molecule has 0 amide bonds. The van der Waals surface area contributed by atoms with Crippen LogP contribution in [-0.4, -0.2) is 49.1 Å². The van der Waals surface area contributed by atoms with Crippen LogP contribution in [0.15, 0.2) is 0 Å². The minimum Gasteiger partial charge on any atom is -0.306 e. The first-order valence-electron chi connectivity index (χ1n) is 6.66. The molecule has 0 aromatic rings. The Balaban J connectivity index is 1.60. The van der Waals surface area contributed by atoms with Gasteiger partial charge in [0.1, 0.15) is 0 Å². The molecule has 2 saturated heterocycles. The number of hydrogen-bond donors (Lipinski definition) is 0. The largest absolute Gasteiger partial charge is 0.306 e. The Morgan fingerprint density at radius 3 is 2.20 bits per heavy atom. The maximum Gasteiger partial charge on any atom is 0.0176 e. The molecule has 1 saturated carbocycles. The monoisotopic (exact) mass is 208 g/mol. The van der Waals surface area contributed by atoms with Crippen molar-refractivity contribution in [2.75, 3.05) is 33.2 Å². The van der Waals surface area contributed by atoms with E-state index in [0.717, 1.165) is 23.8 Å². The molecule has 2 bridgehead atoms. The van der Waals surface area contributed by atoms with E-state index < -0.39 is 0 Å². The van der Waals surface area contributed by atoms with E-state index in [1.165, 1.54) is 45.4 Å². The molecule has 2 nitrogen and oxygen atoms in total. The zero-order chi connectivity index (χ0) is 10.4. The van der Waals surface area contributed by atoms with Crippen LogP contribution in [0.3, 0.4) is 0 Å². The predicted octanol–water partition coefficient (Wildman–Crippen LogP) is 1.67. The summed E-state index contributed by atoms with van der Waals surface area (Å²) in [6, 6.07) is 0.966. The van der Waals surface area contributed by atoms with E-state index >= 15 is 0 Å². The van der Waals surface area contributed by atoms with Gasteiger partial charge in [0.2, 0.25) is 0 Å². The summed E-state index contributed by atoms with van der Waals surface area (Å²) in [5.74, 6) is 2.98. The molecule has 0 radical (unpaired) electrons. The van der Waals surface area contributed by atoms with E-state index in [1.54, 1.807) is 0 Å². The minimum atomic E-state index is 0.966. The van der Waals surface area contributed by atoms with Gasteiger partial charge in [-0.1, -0.05) is 6.92 Å². The van der Waals surface area contributed by atoms with Gasteiger partial charge in [-0.3, -0.25) is 4.90 Å². The fourth-order valence-electron chi connectivity index (χ4n) is 4.02. The van der Waals surface area contributed by atoms with Crippen molar-refractivity contribution in [1.82, 2.24) is 9.80 Å². The summed E-state index contributed by atoms with van der Waals surface area (Å²) in [4.78, 5) is 5.34. The lowest BCUT2D eigenvalue weighted by molar-refractivity contribution is -0.0776. The molecule has 0 aromatic carbocycles. The van der Waals surface area contributed by atoms with Crippen LogP contribution in [0, 0.1) is 17.8 Å². The van der Waals surface area contributed by atoms with Crippen LogP contribution >= 0.6 is 0 Å². The zero-order valence-electron chi connectivity index (χ0n) is 10.2. The average Bonchev–Trinajstić information content (AvgIpc) is 2.21. The molecular formula is C13H24N2. The van der Waals surface area contributed by atoms with Crippen LogP contribution in [0.25, 0.3) is 0 Å². The van der Waals surface area contributed by atoms with Gasteiger partial charge in [0.05, 0.1) is 0 Å². The third kappa shape index (κ3) is 1.72. The first kappa shape index (κ1) is 10.1. The second-order valence-electron chi connectivity index (χ2n) is 6.19. The highest BCUT2D eigenvalue weighted by Crippen LogP contribution is 2.43. The van der Waals surface area contributed by atoms with Crippen molar-refractivity contribution < 1.29 is 0 Å². The lowest BCUT2D eigenvalue weighted by Gasteiger charge is -2.57. The summed E-state index contributed by atoms with van der Waals surface area (Å²) in [5, 5.41) is 0. The molecule has 86 valence electrons. The first-order chi connectivity index (χ1) is 7.24. The van der Waals surface area contributed by atoms with Crippen molar-refractivity contribution >= 4 is 0 Å². The van der Waals surface area contributed by atoms with E-state index in [2.05, 4.69) is 23.8 Å². The second kappa shape index (κ2) is 3.74. The molecule has 15 heavy (non-hydrogen) atoms. The van der Waals surface area contributed by atoms with Gasteiger partial charge in [-0.15, -0.1) is 0 Å². The summed E-state index contributed by atoms with van der Waals surface area (Å²) in [5.41, 5.74) is 0. The van der Waals surface area contributed by atoms with Crippen LogP contribution in [-0.2, 0) is 0 Å². The van der Waals surface area contributed by atoms with Gasteiger partial charge in [-0.05, 0) is 57.2 Å². The highest BCUT2D eigenvalue weighted by molar-refractivity contribution is 5.02. The fourth-order valence-corrected chi connectivity index (χ4v) is 4.02. The summed E-state index contributed by atoms with van der Waals surface area (Å²) >= 11 is 0. The van der Waals surface area contributed by atoms with Crippen molar-refractivity contribution in [3.05, 3.63) is 0 Å². The molecule has 2 aliphatic heterocycles.